The van der Waals surface area contributed by atoms with Gasteiger partial charge in [0.1, 0.15) is 12.4 Å². The van der Waals surface area contributed by atoms with Gasteiger partial charge in [-0.15, -0.1) is 0 Å². The molecule has 1 aromatic heterocycles. The molecule has 7 nitrogen and oxygen atoms in total. The number of fused-ring (bicyclic) bond motifs is 1. The van der Waals surface area contributed by atoms with Crippen molar-refractivity contribution in [2.45, 2.75) is 31.8 Å². The van der Waals surface area contributed by atoms with Crippen LogP contribution in [-0.4, -0.2) is 27.3 Å². The largest absolute Gasteiger partial charge is 0.324 e. The zero-order valence-electron chi connectivity index (χ0n) is 16.5. The van der Waals surface area contributed by atoms with Crippen LogP contribution < -0.4 is 10.2 Å². The summed E-state index contributed by atoms with van der Waals surface area (Å²) < 4.78 is 1.85. The molecule has 2 aliphatic rings. The molecule has 0 radical (unpaired) electrons. The predicted octanol–water partition coefficient (Wildman–Crippen LogP) is 3.27. The quantitative estimate of drug-likeness (QED) is 0.641. The van der Waals surface area contributed by atoms with E-state index >= 15 is 0 Å². The summed E-state index contributed by atoms with van der Waals surface area (Å²) in [6.07, 6.45) is 4.26. The Hall–Kier alpha value is -3.45. The van der Waals surface area contributed by atoms with Gasteiger partial charge in [-0.2, -0.15) is 0 Å². The van der Waals surface area contributed by atoms with Crippen molar-refractivity contribution in [1.29, 1.82) is 0 Å². The Labute approximate surface area is 183 Å². The van der Waals surface area contributed by atoms with Crippen LogP contribution >= 0.6 is 11.6 Å². The van der Waals surface area contributed by atoms with E-state index in [1.54, 1.807) is 11.1 Å². The highest BCUT2D eigenvalue weighted by Crippen LogP contribution is 2.37. The smallest absolute Gasteiger partial charge is 0.247 e. The van der Waals surface area contributed by atoms with Crippen molar-refractivity contribution < 1.29 is 14.4 Å². The van der Waals surface area contributed by atoms with Crippen LogP contribution in [0.3, 0.4) is 0 Å². The summed E-state index contributed by atoms with van der Waals surface area (Å²) in [6.45, 7) is 0.702. The highest BCUT2D eigenvalue weighted by molar-refractivity contribution is 6.34. The number of hydrogen-bond donors (Lipinski definition) is 1. The van der Waals surface area contributed by atoms with Crippen LogP contribution in [0, 0.1) is 0 Å². The van der Waals surface area contributed by atoms with Crippen LogP contribution in [0.15, 0.2) is 54.9 Å². The van der Waals surface area contributed by atoms with Gasteiger partial charge >= 0.3 is 0 Å². The minimum atomic E-state index is -0.445. The number of imidazole rings is 1. The Morgan fingerprint density at radius 3 is 2.61 bits per heavy atom. The molecule has 2 aliphatic heterocycles. The number of carbonyl (C=O) groups is 3. The highest BCUT2D eigenvalue weighted by Gasteiger charge is 2.30. The van der Waals surface area contributed by atoms with Crippen LogP contribution in [0.5, 0.6) is 0 Å². The van der Waals surface area contributed by atoms with Gasteiger partial charge in [-0.1, -0.05) is 41.9 Å². The maximum absolute atomic E-state index is 12.5. The Morgan fingerprint density at radius 1 is 1.03 bits per heavy atom. The molecule has 8 heteroatoms. The highest BCUT2D eigenvalue weighted by atomic mass is 35.5. The summed E-state index contributed by atoms with van der Waals surface area (Å²) in [5.74, 6) is -0.148. The minimum absolute atomic E-state index is 0.0103. The van der Waals surface area contributed by atoms with Gasteiger partial charge in [0.25, 0.3) is 0 Å². The molecule has 1 atom stereocenters. The lowest BCUT2D eigenvalue weighted by Gasteiger charge is -2.27. The second-order valence-corrected chi connectivity index (χ2v) is 8.09. The number of carbonyl (C=O) groups excluding carboxylic acids is 3. The van der Waals surface area contributed by atoms with Gasteiger partial charge in [0, 0.05) is 30.1 Å². The van der Waals surface area contributed by atoms with Gasteiger partial charge in [-0.3, -0.25) is 19.7 Å². The van der Waals surface area contributed by atoms with Gasteiger partial charge in [-0.05, 0) is 29.7 Å². The first kappa shape index (κ1) is 19.5. The second kappa shape index (κ2) is 7.67. The van der Waals surface area contributed by atoms with Gasteiger partial charge in [-0.25, -0.2) is 4.98 Å². The summed E-state index contributed by atoms with van der Waals surface area (Å²) in [5, 5.41) is 2.89. The number of benzene rings is 2. The van der Waals surface area contributed by atoms with E-state index in [2.05, 4.69) is 10.3 Å². The van der Waals surface area contributed by atoms with Crippen molar-refractivity contribution in [3.63, 3.8) is 0 Å². The van der Waals surface area contributed by atoms with Gasteiger partial charge in [0.15, 0.2) is 0 Å². The number of hydrogen-bond acceptors (Lipinski definition) is 4. The van der Waals surface area contributed by atoms with Crippen molar-refractivity contribution in [2.24, 2.45) is 0 Å². The number of nitrogens with one attached hydrogen (secondary N) is 1. The van der Waals surface area contributed by atoms with E-state index in [0.29, 0.717) is 30.0 Å². The molecule has 1 unspecified atom stereocenters. The third kappa shape index (κ3) is 3.51. The number of nitrogens with zero attached hydrogens (tertiary/aromatic N) is 3. The summed E-state index contributed by atoms with van der Waals surface area (Å²) in [6, 6.07) is 13.2. The SMILES string of the molecule is O=C1CCC(c2cccc(-c3ccc(N4Cc5nccn5CC4=O)cc3)c2Cl)C(=O)N1. The molecule has 1 fully saturated rings. The van der Waals surface area contributed by atoms with Crippen molar-refractivity contribution in [1.82, 2.24) is 14.9 Å². The standard InChI is InChI=1S/C23H19ClN4O3/c24-22-16(2-1-3-17(22)18-8-9-20(29)26-23(18)31)14-4-6-15(7-5-14)28-12-19-25-10-11-27(19)13-21(28)30/h1-7,10-11,18H,8-9,12-13H2,(H,26,29,31). The van der Waals surface area contributed by atoms with E-state index in [-0.39, 0.29) is 24.3 Å². The van der Waals surface area contributed by atoms with Crippen LogP contribution in [-0.2, 0) is 27.5 Å². The molecule has 3 aromatic rings. The molecule has 156 valence electrons. The summed E-state index contributed by atoms with van der Waals surface area (Å²) in [4.78, 5) is 42.3. The topological polar surface area (TPSA) is 84.3 Å². The van der Waals surface area contributed by atoms with Crippen LogP contribution in [0.25, 0.3) is 11.1 Å². The number of aromatic nitrogens is 2. The lowest BCUT2D eigenvalue weighted by Crippen LogP contribution is -2.39. The molecular weight excluding hydrogens is 416 g/mol. The Kier molecular flexibility index (Phi) is 4.82. The third-order valence-electron chi connectivity index (χ3n) is 5.84. The van der Waals surface area contributed by atoms with Crippen molar-refractivity contribution >= 4 is 35.0 Å². The normalized spacial score (nSPS) is 18.7. The number of piperidine rings is 1. The molecule has 5 rings (SSSR count). The van der Waals surface area contributed by atoms with Crippen molar-refractivity contribution in [3.8, 4) is 11.1 Å². The first-order valence-corrected chi connectivity index (χ1v) is 10.4. The van der Waals surface area contributed by atoms with Gasteiger partial charge in [0.2, 0.25) is 17.7 Å². The van der Waals surface area contributed by atoms with E-state index in [4.69, 9.17) is 11.6 Å². The Bertz CT molecular complexity index is 1200. The van der Waals surface area contributed by atoms with E-state index in [9.17, 15) is 14.4 Å². The lowest BCUT2D eigenvalue weighted by molar-refractivity contribution is -0.134. The number of rotatable bonds is 3. The fourth-order valence-electron chi connectivity index (χ4n) is 4.18. The molecule has 3 heterocycles. The number of imide groups is 1. The predicted molar refractivity (Wildman–Crippen MR) is 115 cm³/mol. The number of anilines is 1. The molecule has 1 saturated heterocycles. The first-order chi connectivity index (χ1) is 15.0. The molecule has 1 N–H and O–H groups in total. The zero-order chi connectivity index (χ0) is 21.5. The molecule has 2 aromatic carbocycles. The van der Waals surface area contributed by atoms with E-state index in [1.165, 1.54) is 0 Å². The van der Waals surface area contributed by atoms with E-state index < -0.39 is 5.92 Å². The zero-order valence-corrected chi connectivity index (χ0v) is 17.3. The maximum Gasteiger partial charge on any atom is 0.247 e. The van der Waals surface area contributed by atoms with Crippen LogP contribution in [0.1, 0.15) is 30.1 Å². The maximum atomic E-state index is 12.5. The first-order valence-electron chi connectivity index (χ1n) is 10.0. The van der Waals surface area contributed by atoms with Gasteiger partial charge < -0.3 is 9.47 Å². The van der Waals surface area contributed by atoms with Crippen LogP contribution in [0.2, 0.25) is 5.02 Å². The molecule has 3 amide bonds. The monoisotopic (exact) mass is 434 g/mol. The summed E-state index contributed by atoms with van der Waals surface area (Å²) in [5.41, 5.74) is 3.19. The van der Waals surface area contributed by atoms with E-state index in [0.717, 1.165) is 22.6 Å². The third-order valence-corrected chi connectivity index (χ3v) is 6.26. The van der Waals surface area contributed by atoms with E-state index in [1.807, 2.05) is 53.2 Å². The lowest BCUT2D eigenvalue weighted by atomic mass is 9.88. The average molecular weight is 435 g/mol. The number of halogens is 1. The molecule has 0 bridgehead atoms. The fraction of sp³-hybridized carbons (Fsp3) is 0.217. The molecular formula is C23H19ClN4O3. The Morgan fingerprint density at radius 2 is 1.84 bits per heavy atom. The van der Waals surface area contributed by atoms with Crippen molar-refractivity contribution in [3.05, 3.63) is 71.3 Å². The summed E-state index contributed by atoms with van der Waals surface area (Å²) in [7, 11) is 0. The van der Waals surface area contributed by atoms with Gasteiger partial charge in [0.05, 0.1) is 17.5 Å². The Balaban J connectivity index is 1.42. The average Bonchev–Trinajstić information content (AvgIpc) is 3.21. The fourth-order valence-corrected chi connectivity index (χ4v) is 4.55. The molecule has 0 aliphatic carbocycles. The molecule has 0 saturated carbocycles. The van der Waals surface area contributed by atoms with Crippen molar-refractivity contribution in [2.75, 3.05) is 4.90 Å². The molecule has 0 spiro atoms. The number of amides is 3. The minimum Gasteiger partial charge on any atom is -0.324 e. The van der Waals surface area contributed by atoms with Crippen LogP contribution in [0.4, 0.5) is 5.69 Å². The second-order valence-electron chi connectivity index (χ2n) is 7.71. The molecule has 31 heavy (non-hydrogen) atoms. The summed E-state index contributed by atoms with van der Waals surface area (Å²) >= 11 is 6.69.